The zero-order valence-corrected chi connectivity index (χ0v) is 11.6. The highest BCUT2D eigenvalue weighted by Crippen LogP contribution is 2.18. The zero-order valence-electron chi connectivity index (χ0n) is 10.8. The molecule has 0 atom stereocenters. The molecule has 0 fully saturated rings. The molecule has 0 saturated heterocycles. The lowest BCUT2D eigenvalue weighted by atomic mass is 10.0. The van der Waals surface area contributed by atoms with Crippen molar-refractivity contribution in [1.82, 2.24) is 0 Å². The molecule has 0 saturated carbocycles. The number of rotatable bonds is 4. The van der Waals surface area contributed by atoms with E-state index >= 15 is 0 Å². The molecule has 1 aromatic carbocycles. The minimum absolute atomic E-state index is 0.805. The lowest BCUT2D eigenvalue weighted by Crippen LogP contribution is -1.95. The van der Waals surface area contributed by atoms with Gasteiger partial charge in [-0.15, -0.1) is 0 Å². The Balaban J connectivity index is 3.30. The van der Waals surface area contributed by atoms with E-state index in [1.165, 1.54) is 6.21 Å². The summed E-state index contributed by atoms with van der Waals surface area (Å²) in [7, 11) is -3.36. The Hall–Kier alpha value is -1.68. The smallest absolute Gasteiger partial charge is 0.205 e. The van der Waals surface area contributed by atoms with Crippen molar-refractivity contribution in [2.75, 3.05) is 6.26 Å². The number of hydrogen-bond acceptors (Lipinski definition) is 2. The molecule has 0 heterocycles. The molecule has 0 unspecified atom stereocenters. The fourth-order valence-corrected chi connectivity index (χ4v) is 1.81. The average molecular weight is 263 g/mol. The third-order valence-corrected chi connectivity index (χ3v) is 2.79. The molecule has 0 amide bonds. The first-order valence-electron chi connectivity index (χ1n) is 5.58. The molecule has 0 bridgehead atoms. The van der Waals surface area contributed by atoms with Crippen molar-refractivity contribution in [3.63, 3.8) is 0 Å². The minimum atomic E-state index is -3.36. The lowest BCUT2D eigenvalue weighted by molar-refractivity contribution is 0.604. The van der Waals surface area contributed by atoms with Gasteiger partial charge in [0.2, 0.25) is 10.0 Å². The van der Waals surface area contributed by atoms with Crippen molar-refractivity contribution in [1.29, 1.82) is 0 Å². The lowest BCUT2D eigenvalue weighted by Gasteiger charge is -2.05. The Labute approximate surface area is 109 Å². The maximum absolute atomic E-state index is 11.1. The zero-order chi connectivity index (χ0) is 13.6. The molecule has 4 heteroatoms. The molecule has 3 nitrogen and oxygen atoms in total. The van der Waals surface area contributed by atoms with Gasteiger partial charge in [-0.2, -0.15) is 4.40 Å². The maximum Gasteiger partial charge on any atom is 0.250 e. The monoisotopic (exact) mass is 263 g/mol. The number of sulfonamides is 1. The fourth-order valence-electron chi connectivity index (χ4n) is 1.51. The summed E-state index contributed by atoms with van der Waals surface area (Å²) in [5, 5.41) is 0. The van der Waals surface area contributed by atoms with Crippen molar-refractivity contribution in [2.45, 2.75) is 13.8 Å². The molecular weight excluding hydrogens is 246 g/mol. The highest BCUT2D eigenvalue weighted by atomic mass is 32.2. The topological polar surface area (TPSA) is 46.5 Å². The van der Waals surface area contributed by atoms with E-state index < -0.39 is 10.0 Å². The summed E-state index contributed by atoms with van der Waals surface area (Å²) in [6, 6.07) is 9.59. The SMILES string of the molecule is C/C=C/C(C)=C(/C=N/S(C)(=O)=O)c1ccccc1. The van der Waals surface area contributed by atoms with Gasteiger partial charge in [0.15, 0.2) is 0 Å². The first-order chi connectivity index (χ1) is 8.44. The molecule has 0 N–H and O–H groups in total. The van der Waals surface area contributed by atoms with Gasteiger partial charge >= 0.3 is 0 Å². The summed E-state index contributed by atoms with van der Waals surface area (Å²) in [6.45, 7) is 3.84. The Morgan fingerprint density at radius 2 is 1.83 bits per heavy atom. The minimum Gasteiger partial charge on any atom is -0.205 e. The molecule has 0 radical (unpaired) electrons. The predicted octanol–water partition coefficient (Wildman–Crippen LogP) is 3.07. The molecule has 18 heavy (non-hydrogen) atoms. The van der Waals surface area contributed by atoms with E-state index in [9.17, 15) is 8.42 Å². The maximum atomic E-state index is 11.1. The van der Waals surface area contributed by atoms with Crippen molar-refractivity contribution < 1.29 is 8.42 Å². The van der Waals surface area contributed by atoms with Crippen molar-refractivity contribution in [2.24, 2.45) is 4.40 Å². The number of benzene rings is 1. The van der Waals surface area contributed by atoms with Crippen molar-refractivity contribution in [3.05, 3.63) is 53.6 Å². The van der Waals surface area contributed by atoms with Crippen LogP contribution >= 0.6 is 0 Å². The van der Waals surface area contributed by atoms with E-state index in [0.29, 0.717) is 0 Å². The summed E-state index contributed by atoms with van der Waals surface area (Å²) in [4.78, 5) is 0. The molecule has 0 aliphatic rings. The second-order valence-corrected chi connectivity index (χ2v) is 5.61. The normalized spacial score (nSPS) is 14.2. The predicted molar refractivity (Wildman–Crippen MR) is 77.2 cm³/mol. The van der Waals surface area contributed by atoms with Gasteiger partial charge in [-0.25, -0.2) is 8.42 Å². The molecule has 0 aliphatic carbocycles. The molecule has 0 aromatic heterocycles. The number of allylic oxidation sites excluding steroid dienone is 4. The Bertz CT molecular complexity index is 581. The molecule has 1 rings (SSSR count). The van der Waals surface area contributed by atoms with Crippen LogP contribution in [0.25, 0.3) is 5.57 Å². The molecule has 0 aliphatic heterocycles. The van der Waals surface area contributed by atoms with E-state index in [4.69, 9.17) is 0 Å². The van der Waals surface area contributed by atoms with E-state index in [2.05, 4.69) is 4.40 Å². The van der Waals surface area contributed by atoms with Crippen LogP contribution in [0, 0.1) is 0 Å². The van der Waals surface area contributed by atoms with Crippen LogP contribution in [0.1, 0.15) is 19.4 Å². The van der Waals surface area contributed by atoms with E-state index in [-0.39, 0.29) is 0 Å². The van der Waals surface area contributed by atoms with E-state index in [1.54, 1.807) is 0 Å². The van der Waals surface area contributed by atoms with Gasteiger partial charge in [-0.05, 0) is 25.0 Å². The quantitative estimate of drug-likeness (QED) is 0.619. The first kappa shape index (κ1) is 14.4. The van der Waals surface area contributed by atoms with Gasteiger partial charge in [-0.3, -0.25) is 0 Å². The Morgan fingerprint density at radius 3 is 2.33 bits per heavy atom. The summed E-state index contributed by atoms with van der Waals surface area (Å²) in [6.07, 6.45) is 6.32. The van der Waals surface area contributed by atoms with E-state index in [1.807, 2.05) is 56.3 Å². The molecular formula is C14H17NO2S. The highest BCUT2D eigenvalue weighted by molar-refractivity contribution is 7.89. The Morgan fingerprint density at radius 1 is 1.22 bits per heavy atom. The van der Waals surface area contributed by atoms with Gasteiger partial charge in [0, 0.05) is 11.8 Å². The standard InChI is InChI=1S/C14H17NO2S/c1-4-8-12(2)14(11-15-18(3,16)17)13-9-6-5-7-10-13/h4-11H,1-3H3/b8-4+,14-12-,15-11+. The Kier molecular flexibility index (Phi) is 5.04. The van der Waals surface area contributed by atoms with Crippen LogP contribution in [0.3, 0.4) is 0 Å². The second-order valence-electron chi connectivity index (χ2n) is 3.93. The largest absolute Gasteiger partial charge is 0.250 e. The van der Waals surface area contributed by atoms with Crippen LogP contribution in [-0.2, 0) is 10.0 Å². The molecule has 96 valence electrons. The molecule has 1 aromatic rings. The van der Waals surface area contributed by atoms with Gasteiger partial charge in [0.1, 0.15) is 0 Å². The van der Waals surface area contributed by atoms with Crippen LogP contribution in [-0.4, -0.2) is 20.9 Å². The van der Waals surface area contributed by atoms with Crippen LogP contribution in [0.5, 0.6) is 0 Å². The van der Waals surface area contributed by atoms with Gasteiger partial charge in [0.05, 0.1) is 6.26 Å². The third kappa shape index (κ3) is 4.67. The van der Waals surface area contributed by atoms with Crippen LogP contribution in [0.2, 0.25) is 0 Å². The van der Waals surface area contributed by atoms with Crippen molar-refractivity contribution >= 4 is 21.8 Å². The summed E-state index contributed by atoms with van der Waals surface area (Å²) in [5.41, 5.74) is 2.72. The molecule has 0 spiro atoms. The van der Waals surface area contributed by atoms with Crippen LogP contribution in [0.4, 0.5) is 0 Å². The van der Waals surface area contributed by atoms with Gasteiger partial charge in [0.25, 0.3) is 0 Å². The van der Waals surface area contributed by atoms with Gasteiger partial charge < -0.3 is 0 Å². The van der Waals surface area contributed by atoms with E-state index in [0.717, 1.165) is 23.0 Å². The van der Waals surface area contributed by atoms with Crippen LogP contribution < -0.4 is 0 Å². The highest BCUT2D eigenvalue weighted by Gasteiger charge is 2.03. The van der Waals surface area contributed by atoms with Crippen LogP contribution in [0.15, 0.2) is 52.5 Å². The number of hydrogen-bond donors (Lipinski definition) is 0. The second kappa shape index (κ2) is 6.31. The third-order valence-electron chi connectivity index (χ3n) is 2.30. The summed E-state index contributed by atoms with van der Waals surface area (Å²) < 4.78 is 25.8. The fraction of sp³-hybridized carbons (Fsp3) is 0.214. The average Bonchev–Trinajstić information content (AvgIpc) is 2.29. The summed E-state index contributed by atoms with van der Waals surface area (Å²) >= 11 is 0. The first-order valence-corrected chi connectivity index (χ1v) is 7.43. The van der Waals surface area contributed by atoms with Gasteiger partial charge in [-0.1, -0.05) is 42.5 Å². The number of nitrogens with zero attached hydrogens (tertiary/aromatic N) is 1. The van der Waals surface area contributed by atoms with Crippen molar-refractivity contribution in [3.8, 4) is 0 Å². The summed E-state index contributed by atoms with van der Waals surface area (Å²) in [5.74, 6) is 0.